The predicted octanol–water partition coefficient (Wildman–Crippen LogP) is 1.03. The molecule has 18 heavy (non-hydrogen) atoms. The van der Waals surface area contributed by atoms with Crippen LogP contribution >= 0.6 is 0 Å². The van der Waals surface area contributed by atoms with Crippen molar-refractivity contribution in [1.29, 1.82) is 0 Å². The van der Waals surface area contributed by atoms with Gasteiger partial charge in [0, 0.05) is 19.3 Å². The van der Waals surface area contributed by atoms with E-state index in [4.69, 9.17) is 5.73 Å². The van der Waals surface area contributed by atoms with Crippen molar-refractivity contribution < 1.29 is 4.39 Å². The van der Waals surface area contributed by atoms with Crippen molar-refractivity contribution in [2.24, 2.45) is 5.73 Å². The van der Waals surface area contributed by atoms with Crippen LogP contribution in [-0.2, 0) is 13.1 Å². The van der Waals surface area contributed by atoms with Gasteiger partial charge in [0.1, 0.15) is 0 Å². The third-order valence-electron chi connectivity index (χ3n) is 2.89. The van der Waals surface area contributed by atoms with Crippen molar-refractivity contribution in [1.82, 2.24) is 14.3 Å². The summed E-state index contributed by atoms with van der Waals surface area (Å²) in [6, 6.07) is 1.81. The maximum absolute atomic E-state index is 12.5. The molecule has 2 aromatic heterocycles. The van der Waals surface area contributed by atoms with Gasteiger partial charge < -0.3 is 10.3 Å². The van der Waals surface area contributed by atoms with Crippen molar-refractivity contribution in [3.8, 4) is 0 Å². The van der Waals surface area contributed by atoms with Gasteiger partial charge in [0.2, 0.25) is 0 Å². The zero-order valence-electron chi connectivity index (χ0n) is 10.1. The quantitative estimate of drug-likeness (QED) is 0.881. The molecule has 2 rings (SSSR count). The minimum atomic E-state index is -0.0835. The molecule has 0 amide bonds. The first-order valence-electron chi connectivity index (χ1n) is 5.74. The van der Waals surface area contributed by atoms with Crippen molar-refractivity contribution >= 4 is 10.9 Å². The smallest absolute Gasteiger partial charge is 0.261 e. The molecule has 0 aliphatic heterocycles. The Kier molecular flexibility index (Phi) is 3.57. The lowest BCUT2D eigenvalue weighted by atomic mass is 10.3. The highest BCUT2D eigenvalue weighted by Gasteiger charge is 2.08. The van der Waals surface area contributed by atoms with E-state index in [9.17, 15) is 9.18 Å². The van der Waals surface area contributed by atoms with E-state index < -0.39 is 0 Å². The molecular weight excluding hydrogens is 235 g/mol. The summed E-state index contributed by atoms with van der Waals surface area (Å²) in [6.07, 6.45) is 3.71. The van der Waals surface area contributed by atoms with Crippen molar-refractivity contribution in [2.75, 3.05) is 6.54 Å². The molecule has 0 radical (unpaired) electrons. The Bertz CT molecular complexity index is 641. The topological polar surface area (TPSA) is 65.8 Å². The van der Waals surface area contributed by atoms with Crippen LogP contribution in [0.1, 0.15) is 6.92 Å². The maximum atomic E-state index is 12.5. The molecule has 0 saturated heterocycles. The largest absolute Gasteiger partial charge is 0.327 e. The number of hydrogen-bond acceptors (Lipinski definition) is 3. The molecule has 0 fully saturated rings. The number of fused-ring (bicyclic) bond motifs is 1. The Morgan fingerprint density at radius 3 is 3.00 bits per heavy atom. The number of pyridine rings is 1. The van der Waals surface area contributed by atoms with Gasteiger partial charge in [0.25, 0.3) is 5.56 Å². The molecule has 0 aliphatic rings. The molecule has 0 unspecified atom stereocenters. The Hall–Kier alpha value is -1.95. The van der Waals surface area contributed by atoms with Crippen LogP contribution in [0.5, 0.6) is 0 Å². The lowest BCUT2D eigenvalue weighted by molar-refractivity contribution is 0.645. The molecule has 5 nitrogen and oxygen atoms in total. The van der Waals surface area contributed by atoms with E-state index in [0.29, 0.717) is 29.4 Å². The molecule has 0 bridgehead atoms. The fourth-order valence-corrected chi connectivity index (χ4v) is 1.83. The summed E-state index contributed by atoms with van der Waals surface area (Å²) < 4.78 is 15.7. The zero-order valence-corrected chi connectivity index (χ0v) is 10.1. The fraction of sp³-hybridized carbons (Fsp3) is 0.333. The highest BCUT2D eigenvalue weighted by atomic mass is 19.1. The van der Waals surface area contributed by atoms with Gasteiger partial charge in [0.15, 0.2) is 0 Å². The third-order valence-corrected chi connectivity index (χ3v) is 2.89. The van der Waals surface area contributed by atoms with Crippen LogP contribution in [0.4, 0.5) is 4.39 Å². The molecule has 2 heterocycles. The molecule has 0 atom stereocenters. The first kappa shape index (κ1) is 12.5. The molecule has 0 saturated carbocycles. The van der Waals surface area contributed by atoms with Gasteiger partial charge in [-0.2, -0.15) is 5.10 Å². The Morgan fingerprint density at radius 2 is 2.39 bits per heavy atom. The first-order chi connectivity index (χ1) is 8.71. The minimum absolute atomic E-state index is 0.0835. The molecular formula is C12H15FN4O. The molecule has 0 spiro atoms. The van der Waals surface area contributed by atoms with E-state index in [2.05, 4.69) is 5.10 Å². The highest BCUT2D eigenvalue weighted by Crippen LogP contribution is 2.10. The summed E-state index contributed by atoms with van der Waals surface area (Å²) in [6.45, 7) is 2.89. The summed E-state index contributed by atoms with van der Waals surface area (Å²) in [5, 5.41) is 4.64. The number of rotatable bonds is 4. The van der Waals surface area contributed by atoms with Gasteiger partial charge >= 0.3 is 0 Å². The van der Waals surface area contributed by atoms with E-state index in [1.165, 1.54) is 6.20 Å². The average molecular weight is 250 g/mol. The van der Waals surface area contributed by atoms with E-state index >= 15 is 0 Å². The highest BCUT2D eigenvalue weighted by molar-refractivity contribution is 5.77. The van der Waals surface area contributed by atoms with Gasteiger partial charge in [-0.3, -0.25) is 9.48 Å². The van der Waals surface area contributed by atoms with Crippen LogP contribution in [0.15, 0.2) is 35.2 Å². The summed E-state index contributed by atoms with van der Waals surface area (Å²) in [5.74, 6) is 0. The monoisotopic (exact) mass is 250 g/mol. The van der Waals surface area contributed by atoms with E-state index in [-0.39, 0.29) is 18.6 Å². The van der Waals surface area contributed by atoms with Crippen LogP contribution < -0.4 is 11.3 Å². The second-order valence-corrected chi connectivity index (χ2v) is 3.98. The van der Waals surface area contributed by atoms with E-state index in [0.717, 1.165) is 0 Å². The fourth-order valence-electron chi connectivity index (χ4n) is 1.83. The summed E-state index contributed by atoms with van der Waals surface area (Å²) in [5.41, 5.74) is 6.44. The lowest BCUT2D eigenvalue weighted by Crippen LogP contribution is -2.18. The lowest BCUT2D eigenvalue weighted by Gasteiger charge is -2.06. The number of nitrogens with zero attached hydrogens (tertiary/aromatic N) is 3. The SMILES string of the molecule is CCn1ccc2c(cnn2CC(=CF)CN)c1=O. The molecule has 2 N–H and O–H groups in total. The maximum Gasteiger partial charge on any atom is 0.261 e. The first-order valence-corrected chi connectivity index (χ1v) is 5.74. The molecule has 96 valence electrons. The number of nitrogens with two attached hydrogens (primary N) is 1. The van der Waals surface area contributed by atoms with Gasteiger partial charge in [-0.1, -0.05) is 0 Å². The number of halogens is 1. The molecule has 2 aromatic rings. The average Bonchev–Trinajstić information content (AvgIpc) is 2.80. The Balaban J connectivity index is 2.50. The van der Waals surface area contributed by atoms with Crippen molar-refractivity contribution in [2.45, 2.75) is 20.0 Å². The summed E-state index contributed by atoms with van der Waals surface area (Å²) in [4.78, 5) is 12.0. The zero-order chi connectivity index (χ0) is 13.1. The molecule has 0 aromatic carbocycles. The summed E-state index contributed by atoms with van der Waals surface area (Å²) >= 11 is 0. The second-order valence-electron chi connectivity index (χ2n) is 3.98. The molecule has 0 aliphatic carbocycles. The summed E-state index contributed by atoms with van der Waals surface area (Å²) in [7, 11) is 0. The van der Waals surface area contributed by atoms with E-state index in [1.54, 1.807) is 21.5 Å². The predicted molar refractivity (Wildman–Crippen MR) is 67.9 cm³/mol. The number of aryl methyl sites for hydroxylation is 1. The Morgan fingerprint density at radius 1 is 1.61 bits per heavy atom. The van der Waals surface area contributed by atoms with Gasteiger partial charge in [-0.15, -0.1) is 0 Å². The van der Waals surface area contributed by atoms with Gasteiger partial charge in [-0.05, 0) is 18.6 Å². The third kappa shape index (κ3) is 2.06. The normalized spacial score (nSPS) is 12.3. The minimum Gasteiger partial charge on any atom is -0.327 e. The van der Waals surface area contributed by atoms with Crippen LogP contribution in [0.2, 0.25) is 0 Å². The number of aromatic nitrogens is 3. The van der Waals surface area contributed by atoms with Crippen LogP contribution in [0, 0.1) is 0 Å². The van der Waals surface area contributed by atoms with Crippen LogP contribution in [0.3, 0.4) is 0 Å². The van der Waals surface area contributed by atoms with E-state index in [1.807, 2.05) is 6.92 Å². The van der Waals surface area contributed by atoms with Crippen molar-refractivity contribution in [3.63, 3.8) is 0 Å². The van der Waals surface area contributed by atoms with Gasteiger partial charge in [-0.25, -0.2) is 4.39 Å². The standard InChI is InChI=1S/C12H15FN4O/c1-2-16-4-3-11-10(12(16)18)7-15-17(11)8-9(5-13)6-14/h3-5,7H,2,6,8,14H2,1H3. The van der Waals surface area contributed by atoms with Gasteiger partial charge in [0.05, 0.1) is 30.0 Å². The number of hydrogen-bond donors (Lipinski definition) is 1. The Labute approximate surface area is 103 Å². The van der Waals surface area contributed by atoms with Crippen LogP contribution in [-0.4, -0.2) is 20.9 Å². The molecule has 6 heteroatoms. The van der Waals surface area contributed by atoms with Crippen molar-refractivity contribution in [3.05, 3.63) is 40.7 Å². The second kappa shape index (κ2) is 5.14. The van der Waals surface area contributed by atoms with Crippen LogP contribution in [0.25, 0.3) is 10.9 Å².